The zero-order chi connectivity index (χ0) is 23.2. The molecule has 170 valence electrons. The number of ether oxygens (including phenoxy) is 1. The molecule has 5 nitrogen and oxygen atoms in total. The Morgan fingerprint density at radius 3 is 2.48 bits per heavy atom. The fourth-order valence-electron chi connectivity index (χ4n) is 3.53. The van der Waals surface area contributed by atoms with E-state index in [2.05, 4.69) is 38.0 Å². The molecule has 0 aromatic heterocycles. The molecule has 1 heterocycles. The van der Waals surface area contributed by atoms with E-state index in [1.807, 2.05) is 48.5 Å². The maximum Gasteiger partial charge on any atom is 0.271 e. The highest BCUT2D eigenvalue weighted by atomic mass is 127. The normalized spacial score (nSPS) is 13.5. The first-order valence-corrected chi connectivity index (χ1v) is 12.4. The number of hydrogen-bond acceptors (Lipinski definition) is 4. The van der Waals surface area contributed by atoms with E-state index in [9.17, 15) is 4.79 Å². The van der Waals surface area contributed by atoms with Crippen molar-refractivity contribution in [2.45, 2.75) is 19.4 Å². The average Bonchev–Trinajstić information content (AvgIpc) is 3.36. The Morgan fingerprint density at radius 2 is 1.79 bits per heavy atom. The first-order chi connectivity index (χ1) is 16.0. The number of hydrogen-bond donors (Lipinski definition) is 1. The van der Waals surface area contributed by atoms with E-state index in [1.165, 1.54) is 12.8 Å². The van der Waals surface area contributed by atoms with Crippen LogP contribution in [-0.2, 0) is 6.61 Å². The maximum atomic E-state index is 12.4. The summed E-state index contributed by atoms with van der Waals surface area (Å²) in [7, 11) is 0. The monoisotopic (exact) mass is 593 g/mol. The van der Waals surface area contributed by atoms with E-state index in [0.717, 1.165) is 39.2 Å². The second kappa shape index (κ2) is 11.2. The van der Waals surface area contributed by atoms with Gasteiger partial charge < -0.3 is 9.64 Å². The lowest BCUT2D eigenvalue weighted by Crippen LogP contribution is -2.19. The van der Waals surface area contributed by atoms with Crippen LogP contribution in [0, 0.1) is 3.57 Å². The third kappa shape index (κ3) is 6.40. The fraction of sp³-hybridized carbons (Fsp3) is 0.200. The number of benzene rings is 3. The van der Waals surface area contributed by atoms with Crippen LogP contribution >= 0.6 is 45.8 Å². The van der Waals surface area contributed by atoms with E-state index in [-0.39, 0.29) is 5.91 Å². The van der Waals surface area contributed by atoms with E-state index in [4.69, 9.17) is 27.9 Å². The third-order valence-corrected chi connectivity index (χ3v) is 6.90. The minimum absolute atomic E-state index is 0.240. The second-order valence-electron chi connectivity index (χ2n) is 7.67. The van der Waals surface area contributed by atoms with Gasteiger partial charge in [-0.3, -0.25) is 4.79 Å². The SMILES string of the molecule is O=C(N/N=C\c1ccc(OCc2ccc(Cl)c(Cl)c2)c(I)c1)c1ccc(N2CCCC2)cc1. The van der Waals surface area contributed by atoms with Gasteiger partial charge in [-0.1, -0.05) is 29.3 Å². The van der Waals surface area contributed by atoms with Crippen LogP contribution in [0.15, 0.2) is 65.8 Å². The zero-order valence-corrected chi connectivity index (χ0v) is 21.4. The molecule has 0 spiro atoms. The molecule has 0 bridgehead atoms. The summed E-state index contributed by atoms with van der Waals surface area (Å²) in [6, 6.07) is 18.8. The zero-order valence-electron chi connectivity index (χ0n) is 17.7. The van der Waals surface area contributed by atoms with Gasteiger partial charge in [0.05, 0.1) is 19.8 Å². The van der Waals surface area contributed by atoms with E-state index in [1.54, 1.807) is 18.3 Å². The number of halogens is 3. The summed E-state index contributed by atoms with van der Waals surface area (Å²) in [6.07, 6.45) is 4.06. The van der Waals surface area contributed by atoms with Gasteiger partial charge in [0, 0.05) is 24.3 Å². The lowest BCUT2D eigenvalue weighted by Gasteiger charge is -2.17. The predicted molar refractivity (Wildman–Crippen MR) is 143 cm³/mol. The van der Waals surface area contributed by atoms with Crippen LogP contribution < -0.4 is 15.1 Å². The average molecular weight is 594 g/mol. The van der Waals surface area contributed by atoms with Gasteiger partial charge in [-0.05, 0) is 101 Å². The quantitative estimate of drug-likeness (QED) is 0.192. The van der Waals surface area contributed by atoms with Gasteiger partial charge in [-0.2, -0.15) is 5.10 Å². The van der Waals surface area contributed by atoms with Gasteiger partial charge in [0.25, 0.3) is 5.91 Å². The number of anilines is 1. The lowest BCUT2D eigenvalue weighted by molar-refractivity contribution is 0.0955. The second-order valence-corrected chi connectivity index (χ2v) is 9.64. The summed E-state index contributed by atoms with van der Waals surface area (Å²) in [4.78, 5) is 14.7. The van der Waals surface area contributed by atoms with Crippen molar-refractivity contribution in [3.63, 3.8) is 0 Å². The van der Waals surface area contributed by atoms with Crippen molar-refractivity contribution in [2.24, 2.45) is 5.10 Å². The van der Waals surface area contributed by atoms with Gasteiger partial charge in [-0.15, -0.1) is 0 Å². The van der Waals surface area contributed by atoms with Gasteiger partial charge in [0.1, 0.15) is 12.4 Å². The molecule has 0 radical (unpaired) electrons. The molecule has 0 unspecified atom stereocenters. The van der Waals surface area contributed by atoms with Crippen LogP contribution in [0.5, 0.6) is 5.75 Å². The molecule has 0 atom stereocenters. The molecule has 3 aromatic carbocycles. The topological polar surface area (TPSA) is 53.9 Å². The highest BCUT2D eigenvalue weighted by molar-refractivity contribution is 14.1. The van der Waals surface area contributed by atoms with Crippen molar-refractivity contribution in [3.05, 3.63) is 91.0 Å². The molecule has 1 saturated heterocycles. The standard InChI is InChI=1S/C25H22Cl2IN3O2/c26-21-9-3-18(13-22(21)27)16-33-24-10-4-17(14-23(24)28)15-29-30-25(32)19-5-7-20(8-6-19)31-11-1-2-12-31/h3-10,13-15H,1-2,11-12,16H2,(H,30,32)/b29-15-. The molecule has 1 amide bonds. The summed E-state index contributed by atoms with van der Waals surface area (Å²) in [6.45, 7) is 2.54. The van der Waals surface area contributed by atoms with Gasteiger partial charge in [0.2, 0.25) is 0 Å². The van der Waals surface area contributed by atoms with Crippen molar-refractivity contribution >= 4 is 63.6 Å². The van der Waals surface area contributed by atoms with E-state index < -0.39 is 0 Å². The first-order valence-electron chi connectivity index (χ1n) is 10.5. The van der Waals surface area contributed by atoms with Crippen LogP contribution in [0.3, 0.4) is 0 Å². The van der Waals surface area contributed by atoms with Gasteiger partial charge in [-0.25, -0.2) is 5.43 Å². The van der Waals surface area contributed by atoms with Crippen LogP contribution in [0.25, 0.3) is 0 Å². The number of hydrazone groups is 1. The third-order valence-electron chi connectivity index (χ3n) is 5.31. The number of rotatable bonds is 7. The van der Waals surface area contributed by atoms with E-state index in [0.29, 0.717) is 22.2 Å². The Labute approximate surface area is 216 Å². The molecule has 0 saturated carbocycles. The summed E-state index contributed by atoms with van der Waals surface area (Å²) in [5.74, 6) is 0.511. The Hall–Kier alpha value is -2.29. The molecule has 1 N–H and O–H groups in total. The van der Waals surface area contributed by atoms with Crippen molar-refractivity contribution in [1.29, 1.82) is 0 Å². The highest BCUT2D eigenvalue weighted by Crippen LogP contribution is 2.26. The summed E-state index contributed by atoms with van der Waals surface area (Å²) in [5, 5.41) is 5.12. The van der Waals surface area contributed by atoms with Crippen LogP contribution in [0.1, 0.15) is 34.3 Å². The van der Waals surface area contributed by atoms with E-state index >= 15 is 0 Å². The fourth-order valence-corrected chi connectivity index (χ4v) is 4.55. The smallest absolute Gasteiger partial charge is 0.271 e. The van der Waals surface area contributed by atoms with Crippen LogP contribution in [-0.4, -0.2) is 25.2 Å². The highest BCUT2D eigenvalue weighted by Gasteiger charge is 2.13. The molecule has 8 heteroatoms. The van der Waals surface area contributed by atoms with Crippen molar-refractivity contribution in [2.75, 3.05) is 18.0 Å². The minimum atomic E-state index is -0.240. The predicted octanol–water partition coefficient (Wildman–Crippen LogP) is 6.54. The number of nitrogens with one attached hydrogen (secondary N) is 1. The number of carbonyl (C=O) groups is 1. The molecule has 1 fully saturated rings. The molecule has 1 aliphatic rings. The molecular formula is C25H22Cl2IN3O2. The Bertz CT molecular complexity index is 1160. The largest absolute Gasteiger partial charge is 0.488 e. The summed E-state index contributed by atoms with van der Waals surface area (Å²) in [5.41, 5.74) is 6.11. The molecule has 1 aliphatic heterocycles. The van der Waals surface area contributed by atoms with Crippen LogP contribution in [0.4, 0.5) is 5.69 Å². The molecule has 0 aliphatic carbocycles. The van der Waals surface area contributed by atoms with Crippen molar-refractivity contribution < 1.29 is 9.53 Å². The van der Waals surface area contributed by atoms with Gasteiger partial charge in [0.15, 0.2) is 0 Å². The molecular weight excluding hydrogens is 572 g/mol. The first kappa shape index (κ1) is 23.9. The number of amides is 1. The summed E-state index contributed by atoms with van der Waals surface area (Å²) < 4.78 is 6.82. The number of carbonyl (C=O) groups excluding carboxylic acids is 1. The Morgan fingerprint density at radius 1 is 1.03 bits per heavy atom. The van der Waals surface area contributed by atoms with Crippen molar-refractivity contribution in [3.8, 4) is 5.75 Å². The molecule has 4 rings (SSSR count). The maximum absolute atomic E-state index is 12.4. The molecule has 33 heavy (non-hydrogen) atoms. The Balaban J connectivity index is 1.31. The number of nitrogens with zero attached hydrogens (tertiary/aromatic N) is 2. The lowest BCUT2D eigenvalue weighted by atomic mass is 10.2. The Kier molecular flexibility index (Phi) is 8.11. The minimum Gasteiger partial charge on any atom is -0.488 e. The van der Waals surface area contributed by atoms with Crippen molar-refractivity contribution in [1.82, 2.24) is 5.43 Å². The molecule has 3 aromatic rings. The van der Waals surface area contributed by atoms with Gasteiger partial charge >= 0.3 is 0 Å². The summed E-state index contributed by atoms with van der Waals surface area (Å²) >= 11 is 14.2. The van der Waals surface area contributed by atoms with Crippen LogP contribution in [0.2, 0.25) is 10.0 Å².